The highest BCUT2D eigenvalue weighted by Crippen LogP contribution is 2.34. The highest BCUT2D eigenvalue weighted by Gasteiger charge is 2.23. The molecule has 0 unspecified atom stereocenters. The second kappa shape index (κ2) is 5.89. The van der Waals surface area contributed by atoms with Crippen molar-refractivity contribution in [2.75, 3.05) is 0 Å². The normalized spacial score (nSPS) is 10.9. The molecule has 4 rings (SSSR count). The van der Waals surface area contributed by atoms with Crippen molar-refractivity contribution >= 4 is 10.9 Å². The van der Waals surface area contributed by atoms with Crippen LogP contribution in [0.3, 0.4) is 0 Å². The number of hydrogen-bond acceptors (Lipinski definition) is 5. The van der Waals surface area contributed by atoms with Crippen LogP contribution in [0, 0.1) is 18.3 Å². The van der Waals surface area contributed by atoms with Crippen LogP contribution in [-0.2, 0) is 6.54 Å². The van der Waals surface area contributed by atoms with Crippen molar-refractivity contribution in [3.05, 3.63) is 65.5 Å². The lowest BCUT2D eigenvalue weighted by atomic mass is 10.1. The van der Waals surface area contributed by atoms with E-state index in [-0.39, 0.29) is 0 Å². The van der Waals surface area contributed by atoms with Gasteiger partial charge < -0.3 is 14.8 Å². The summed E-state index contributed by atoms with van der Waals surface area (Å²) in [5.74, 6) is 0.849. The van der Waals surface area contributed by atoms with Crippen LogP contribution in [0.15, 0.2) is 53.1 Å². The molecule has 0 spiro atoms. The Hall–Kier alpha value is -3.43. The summed E-state index contributed by atoms with van der Waals surface area (Å²) in [6.45, 7) is 2.21. The molecule has 0 amide bonds. The molecule has 122 valence electrons. The molecule has 4 aromatic rings. The Balaban J connectivity index is 2.09. The number of nitrogens with zero attached hydrogens (tertiary/aromatic N) is 4. The van der Waals surface area contributed by atoms with Gasteiger partial charge in [0.05, 0.1) is 11.1 Å². The number of para-hydroxylation sites is 1. The van der Waals surface area contributed by atoms with Gasteiger partial charge in [-0.3, -0.25) is 0 Å². The molecule has 25 heavy (non-hydrogen) atoms. The average molecular weight is 329 g/mol. The first-order valence-corrected chi connectivity index (χ1v) is 7.86. The number of benzene rings is 2. The van der Waals surface area contributed by atoms with Gasteiger partial charge in [-0.1, -0.05) is 35.5 Å². The van der Waals surface area contributed by atoms with E-state index in [1.54, 1.807) is 6.92 Å². The van der Waals surface area contributed by atoms with Crippen LogP contribution in [0.25, 0.3) is 28.1 Å². The van der Waals surface area contributed by atoms with Gasteiger partial charge in [-0.25, -0.2) is 0 Å². The lowest BCUT2D eigenvalue weighted by Crippen LogP contribution is -2.00. The Kier molecular flexibility index (Phi) is 3.56. The first kappa shape index (κ1) is 15.1. The summed E-state index contributed by atoms with van der Waals surface area (Å²) in [5, 5.41) is 14.6. The monoisotopic (exact) mass is 329 g/mol. The molecule has 0 atom stereocenters. The first-order chi connectivity index (χ1) is 12.2. The minimum absolute atomic E-state index is 0.396. The fourth-order valence-corrected chi connectivity index (χ4v) is 3.01. The van der Waals surface area contributed by atoms with E-state index in [1.807, 2.05) is 53.1 Å². The number of hydrogen-bond donors (Lipinski definition) is 1. The van der Waals surface area contributed by atoms with Gasteiger partial charge in [0.1, 0.15) is 11.8 Å². The fourth-order valence-electron chi connectivity index (χ4n) is 3.01. The predicted molar refractivity (Wildman–Crippen MR) is 93.9 cm³/mol. The van der Waals surface area contributed by atoms with Crippen LogP contribution < -0.4 is 5.73 Å². The van der Waals surface area contributed by atoms with Crippen LogP contribution in [0.1, 0.15) is 17.0 Å². The van der Waals surface area contributed by atoms with Crippen molar-refractivity contribution in [3.8, 4) is 23.3 Å². The number of fused-ring (bicyclic) bond motifs is 1. The Bertz CT molecular complexity index is 1100. The minimum Gasteiger partial charge on any atom is -0.339 e. The van der Waals surface area contributed by atoms with Crippen LogP contribution >= 0.6 is 0 Å². The van der Waals surface area contributed by atoms with Crippen molar-refractivity contribution < 1.29 is 4.52 Å². The molecule has 6 nitrogen and oxygen atoms in total. The van der Waals surface area contributed by atoms with E-state index in [2.05, 4.69) is 16.2 Å². The molecule has 2 aromatic heterocycles. The third-order valence-electron chi connectivity index (χ3n) is 4.16. The molecular weight excluding hydrogens is 314 g/mol. The third-order valence-corrected chi connectivity index (χ3v) is 4.16. The van der Waals surface area contributed by atoms with Gasteiger partial charge in [0.25, 0.3) is 0 Å². The SMILES string of the molecule is Cc1nc(-c2c(C#N)c3ccccc3n2-c2ccc(CN)cc2)no1. The molecule has 6 heteroatoms. The number of nitrogens with two attached hydrogens (primary N) is 1. The Morgan fingerprint density at radius 2 is 1.92 bits per heavy atom. The predicted octanol–water partition coefficient (Wildman–Crippen LogP) is 3.32. The number of rotatable bonds is 3. The summed E-state index contributed by atoms with van der Waals surface area (Å²) < 4.78 is 7.13. The summed E-state index contributed by atoms with van der Waals surface area (Å²) in [5.41, 5.74) is 9.71. The molecule has 0 saturated heterocycles. The quantitative estimate of drug-likeness (QED) is 0.622. The zero-order chi connectivity index (χ0) is 17.4. The fraction of sp³-hybridized carbons (Fsp3) is 0.105. The number of aromatic nitrogens is 3. The van der Waals surface area contributed by atoms with E-state index >= 15 is 0 Å². The van der Waals surface area contributed by atoms with Gasteiger partial charge in [0.2, 0.25) is 11.7 Å². The second-order valence-electron chi connectivity index (χ2n) is 5.70. The van der Waals surface area contributed by atoms with Crippen molar-refractivity contribution in [3.63, 3.8) is 0 Å². The van der Waals surface area contributed by atoms with Gasteiger partial charge in [-0.2, -0.15) is 10.2 Å². The molecular formula is C19H15N5O. The van der Waals surface area contributed by atoms with Crippen LogP contribution in [0.4, 0.5) is 0 Å². The topological polar surface area (TPSA) is 93.7 Å². The maximum atomic E-state index is 9.76. The molecule has 0 aliphatic rings. The van der Waals surface area contributed by atoms with Crippen molar-refractivity contribution in [1.29, 1.82) is 5.26 Å². The van der Waals surface area contributed by atoms with Crippen molar-refractivity contribution in [1.82, 2.24) is 14.7 Å². The lowest BCUT2D eigenvalue weighted by molar-refractivity contribution is 0.394. The van der Waals surface area contributed by atoms with Crippen LogP contribution in [0.5, 0.6) is 0 Å². The summed E-state index contributed by atoms with van der Waals surface area (Å²) in [6.07, 6.45) is 0. The molecule has 2 aromatic carbocycles. The van der Waals surface area contributed by atoms with E-state index in [0.717, 1.165) is 22.2 Å². The van der Waals surface area contributed by atoms with E-state index in [1.165, 1.54) is 0 Å². The molecule has 0 aliphatic heterocycles. The van der Waals surface area contributed by atoms with Gasteiger partial charge >= 0.3 is 0 Å². The van der Waals surface area contributed by atoms with Crippen molar-refractivity contribution in [2.45, 2.75) is 13.5 Å². The van der Waals surface area contributed by atoms with E-state index in [0.29, 0.717) is 29.5 Å². The van der Waals surface area contributed by atoms with E-state index in [9.17, 15) is 5.26 Å². The molecule has 0 saturated carbocycles. The summed E-state index contributed by atoms with van der Waals surface area (Å²) in [7, 11) is 0. The molecule has 2 heterocycles. The molecule has 0 bridgehead atoms. The zero-order valence-corrected chi connectivity index (χ0v) is 13.6. The summed E-state index contributed by atoms with van der Waals surface area (Å²) >= 11 is 0. The van der Waals surface area contributed by atoms with Crippen molar-refractivity contribution in [2.24, 2.45) is 5.73 Å². The van der Waals surface area contributed by atoms with E-state index in [4.69, 9.17) is 10.3 Å². The smallest absolute Gasteiger partial charge is 0.223 e. The van der Waals surface area contributed by atoms with Gasteiger partial charge in [0.15, 0.2) is 0 Å². The molecule has 0 aliphatic carbocycles. The third kappa shape index (κ3) is 2.38. The lowest BCUT2D eigenvalue weighted by Gasteiger charge is -2.09. The molecule has 0 radical (unpaired) electrons. The van der Waals surface area contributed by atoms with E-state index < -0.39 is 0 Å². The Morgan fingerprint density at radius 1 is 1.16 bits per heavy atom. The first-order valence-electron chi connectivity index (χ1n) is 7.86. The maximum absolute atomic E-state index is 9.76. The van der Waals surface area contributed by atoms with Gasteiger partial charge in [-0.15, -0.1) is 0 Å². The average Bonchev–Trinajstić information content (AvgIpc) is 3.22. The zero-order valence-electron chi connectivity index (χ0n) is 13.6. The standard InChI is InChI=1S/C19H15N5O/c1-12-22-19(23-25-12)18-16(11-21)15-4-2-3-5-17(15)24(18)14-8-6-13(10-20)7-9-14/h2-9H,10,20H2,1H3. The molecule has 2 N–H and O–H groups in total. The summed E-state index contributed by atoms with van der Waals surface area (Å²) in [4.78, 5) is 4.33. The van der Waals surface area contributed by atoms with Crippen LogP contribution in [0.2, 0.25) is 0 Å². The van der Waals surface area contributed by atoms with Gasteiger partial charge in [0, 0.05) is 24.5 Å². The highest BCUT2D eigenvalue weighted by atomic mass is 16.5. The Labute approximate surface area is 144 Å². The minimum atomic E-state index is 0.396. The summed E-state index contributed by atoms with van der Waals surface area (Å²) in [6, 6.07) is 18.0. The highest BCUT2D eigenvalue weighted by molar-refractivity contribution is 5.95. The number of nitriles is 1. The van der Waals surface area contributed by atoms with Crippen LogP contribution in [-0.4, -0.2) is 14.7 Å². The molecule has 0 fully saturated rings. The second-order valence-corrected chi connectivity index (χ2v) is 5.70. The Morgan fingerprint density at radius 3 is 2.56 bits per heavy atom. The largest absolute Gasteiger partial charge is 0.339 e. The van der Waals surface area contributed by atoms with Gasteiger partial charge in [-0.05, 0) is 23.8 Å². The maximum Gasteiger partial charge on any atom is 0.223 e. The number of aryl methyl sites for hydroxylation is 1.